The Bertz CT molecular complexity index is 1430. The summed E-state index contributed by atoms with van der Waals surface area (Å²) in [5, 5.41) is -0.154. The van der Waals surface area contributed by atoms with Gasteiger partial charge in [0.05, 0.1) is 19.8 Å². The Hall–Kier alpha value is -2.37. The molecule has 0 radical (unpaired) electrons. The molecule has 0 saturated carbocycles. The highest BCUT2D eigenvalue weighted by atomic mass is 28.4. The van der Waals surface area contributed by atoms with Crippen LogP contribution in [0.3, 0.4) is 0 Å². The third-order valence-corrected chi connectivity index (χ3v) is 15.0. The number of Topliss-reactive ketones (excluding diaryl/α,β-unsaturated/α-hetero) is 1. The Morgan fingerprint density at radius 1 is 0.981 bits per heavy atom. The molecule has 54 heavy (non-hydrogen) atoms. The molecule has 0 bridgehead atoms. The van der Waals surface area contributed by atoms with Gasteiger partial charge in [-0.1, -0.05) is 77.7 Å². The van der Waals surface area contributed by atoms with Crippen molar-refractivity contribution in [2.75, 3.05) is 34.9 Å². The van der Waals surface area contributed by atoms with Crippen LogP contribution in [0.5, 0.6) is 5.75 Å². The summed E-state index contributed by atoms with van der Waals surface area (Å²) in [6, 6.07) is 7.68. The summed E-state index contributed by atoms with van der Waals surface area (Å²) >= 11 is 0. The third-order valence-electron chi connectivity index (χ3n) is 10.5. The molecule has 7 atom stereocenters. The number of hydrogen-bond donors (Lipinski definition) is 0. The van der Waals surface area contributed by atoms with Gasteiger partial charge < -0.3 is 42.3 Å². The summed E-state index contributed by atoms with van der Waals surface area (Å²) in [4.78, 5) is 13.8. The predicted octanol–water partition coefficient (Wildman–Crippen LogP) is 8.64. The smallest absolute Gasteiger partial charge is 0.194 e. The minimum Gasteiger partial charge on any atom is -0.497 e. The molecule has 306 valence electrons. The molecule has 0 unspecified atom stereocenters. The third kappa shape index (κ3) is 13.1. The molecular formula is C43H70O10Si. The van der Waals surface area contributed by atoms with Gasteiger partial charge in [-0.15, -0.1) is 6.58 Å². The van der Waals surface area contributed by atoms with Gasteiger partial charge in [0, 0.05) is 32.0 Å². The fourth-order valence-corrected chi connectivity index (χ4v) is 7.57. The molecule has 0 spiro atoms. The first-order valence-electron chi connectivity index (χ1n) is 18.8. The molecular weight excluding hydrogens is 705 g/mol. The molecule has 1 saturated heterocycles. The Morgan fingerprint density at radius 2 is 1.57 bits per heavy atom. The summed E-state index contributed by atoms with van der Waals surface area (Å²) in [5.41, 5.74) is -0.000401. The Balaban J connectivity index is 2.76. The van der Waals surface area contributed by atoms with E-state index in [1.165, 1.54) is 7.11 Å². The van der Waals surface area contributed by atoms with Crippen LogP contribution in [-0.4, -0.2) is 90.9 Å². The summed E-state index contributed by atoms with van der Waals surface area (Å²) in [6.07, 6.45) is 0.630. The van der Waals surface area contributed by atoms with Crippen molar-refractivity contribution < 1.29 is 47.1 Å². The Morgan fingerprint density at radius 3 is 2.09 bits per heavy atom. The second-order valence-electron chi connectivity index (χ2n) is 17.0. The van der Waals surface area contributed by atoms with E-state index in [1.807, 2.05) is 91.8 Å². The van der Waals surface area contributed by atoms with Crippen molar-refractivity contribution in [2.45, 2.75) is 149 Å². The maximum atomic E-state index is 13.8. The Labute approximate surface area is 327 Å². The normalized spacial score (nSPS) is 21.3. The predicted molar refractivity (Wildman–Crippen MR) is 216 cm³/mol. The van der Waals surface area contributed by atoms with Crippen molar-refractivity contribution in [3.8, 4) is 17.6 Å². The lowest BCUT2D eigenvalue weighted by Gasteiger charge is -2.46. The maximum absolute atomic E-state index is 13.8. The largest absolute Gasteiger partial charge is 0.497 e. The Kier molecular flexibility index (Phi) is 17.8. The van der Waals surface area contributed by atoms with E-state index in [0.29, 0.717) is 0 Å². The highest BCUT2D eigenvalue weighted by Crippen LogP contribution is 2.46. The summed E-state index contributed by atoms with van der Waals surface area (Å²) in [6.45, 7) is 30.9. The van der Waals surface area contributed by atoms with Crippen molar-refractivity contribution in [1.29, 1.82) is 0 Å². The number of carbonyl (C=O) groups excluding carboxylic acids is 1. The molecule has 1 aliphatic rings. The van der Waals surface area contributed by atoms with Crippen LogP contribution in [-0.2, 0) is 49.0 Å². The van der Waals surface area contributed by atoms with E-state index in [2.05, 4.69) is 52.3 Å². The first-order chi connectivity index (χ1) is 25.0. The van der Waals surface area contributed by atoms with Crippen LogP contribution in [0, 0.1) is 23.2 Å². The van der Waals surface area contributed by atoms with Crippen LogP contribution in [0.15, 0.2) is 48.6 Å². The second kappa shape index (κ2) is 20.2. The minimum atomic E-state index is -2.51. The summed E-state index contributed by atoms with van der Waals surface area (Å²) in [5.74, 6) is 6.36. The number of ether oxygens (including phenoxy) is 8. The van der Waals surface area contributed by atoms with Crippen LogP contribution in [0.4, 0.5) is 0 Å². The van der Waals surface area contributed by atoms with Crippen molar-refractivity contribution in [3.63, 3.8) is 0 Å². The molecule has 1 heterocycles. The molecule has 1 aromatic carbocycles. The number of allylic oxidation sites excluding steroid dienone is 1. The molecule has 0 aliphatic carbocycles. The van der Waals surface area contributed by atoms with Gasteiger partial charge in [-0.25, -0.2) is 0 Å². The van der Waals surface area contributed by atoms with Crippen molar-refractivity contribution in [3.05, 3.63) is 54.1 Å². The molecule has 0 amide bonds. The quantitative estimate of drug-likeness (QED) is 0.0523. The molecule has 1 fully saturated rings. The zero-order chi connectivity index (χ0) is 41.1. The van der Waals surface area contributed by atoms with Crippen LogP contribution in [0.2, 0.25) is 18.1 Å². The van der Waals surface area contributed by atoms with E-state index in [0.717, 1.165) is 16.9 Å². The zero-order valence-electron chi connectivity index (χ0n) is 36.0. The number of benzene rings is 1. The lowest BCUT2D eigenvalue weighted by atomic mass is 9.79. The van der Waals surface area contributed by atoms with Crippen LogP contribution in [0.1, 0.15) is 88.1 Å². The lowest BCUT2D eigenvalue weighted by molar-refractivity contribution is -0.184. The van der Waals surface area contributed by atoms with Crippen LogP contribution >= 0.6 is 0 Å². The molecule has 0 aromatic heterocycles. The number of carbonyl (C=O) groups is 1. The van der Waals surface area contributed by atoms with Gasteiger partial charge in [0.15, 0.2) is 19.9 Å². The van der Waals surface area contributed by atoms with Gasteiger partial charge in [0.2, 0.25) is 0 Å². The number of hydrogen-bond acceptors (Lipinski definition) is 10. The van der Waals surface area contributed by atoms with E-state index in [-0.39, 0.29) is 43.4 Å². The standard InChI is InChI=1S/C43H70O10Si/c1-18-30(3)36(49-28-45-13)34(44)26-31(4)35(48-27-32-20-22-33(47-15)23-21-32)24-25-43(12,53-54(16,17)40(5,6)7)39-37(51-42(10,11)52-39)38(50-29-46-14)41(8,9)19-2/h18-23,31,35-39H,2,26-29H2,1,3-17H3/t31-,35+,36-,37+,38+,39+,43+/m0/s1. The van der Waals surface area contributed by atoms with Gasteiger partial charge in [0.1, 0.15) is 49.4 Å². The first-order valence-corrected chi connectivity index (χ1v) is 21.8. The van der Waals surface area contributed by atoms with Crippen LogP contribution < -0.4 is 4.74 Å². The number of methoxy groups -OCH3 is 3. The maximum Gasteiger partial charge on any atom is 0.194 e. The molecule has 0 N–H and O–H groups in total. The highest BCUT2D eigenvalue weighted by Gasteiger charge is 2.58. The van der Waals surface area contributed by atoms with Crippen molar-refractivity contribution in [2.24, 2.45) is 11.3 Å². The lowest BCUT2D eigenvalue weighted by Crippen LogP contribution is -2.59. The summed E-state index contributed by atoms with van der Waals surface area (Å²) in [7, 11) is 2.24. The second-order valence-corrected chi connectivity index (χ2v) is 21.7. The molecule has 10 nitrogen and oxygen atoms in total. The number of ketones is 1. The van der Waals surface area contributed by atoms with E-state index in [9.17, 15) is 4.79 Å². The molecule has 1 aromatic rings. The van der Waals surface area contributed by atoms with Gasteiger partial charge in [-0.05, 0) is 76.0 Å². The van der Waals surface area contributed by atoms with Crippen molar-refractivity contribution in [1.82, 2.24) is 0 Å². The minimum absolute atomic E-state index is 0.00492. The fourth-order valence-electron chi connectivity index (χ4n) is 6.03. The molecule has 2 rings (SSSR count). The van der Waals surface area contributed by atoms with Gasteiger partial charge in [0.25, 0.3) is 0 Å². The van der Waals surface area contributed by atoms with E-state index < -0.39 is 55.6 Å². The SMILES string of the molecule is C=CC(C)(C)[C@H](OCOC)[C@H]1OC(C)(C)O[C@H]1[C@@](C)(C#C[C@@H](OCc1ccc(OC)cc1)[C@@H](C)CC(=O)[C@@H](OCOC)C(C)=CC)O[Si](C)(C)C(C)(C)C. The summed E-state index contributed by atoms with van der Waals surface area (Å²) < 4.78 is 55.4. The molecule has 11 heteroatoms. The zero-order valence-corrected chi connectivity index (χ0v) is 37.0. The first kappa shape index (κ1) is 47.8. The van der Waals surface area contributed by atoms with E-state index >= 15 is 0 Å². The van der Waals surface area contributed by atoms with Crippen LogP contribution in [0.25, 0.3) is 0 Å². The topological polar surface area (TPSA) is 100 Å². The van der Waals surface area contributed by atoms with Gasteiger partial charge in [-0.3, -0.25) is 4.79 Å². The number of rotatable bonds is 21. The fraction of sp³-hybridized carbons (Fsp3) is 0.698. The van der Waals surface area contributed by atoms with Crippen molar-refractivity contribution >= 4 is 14.1 Å². The highest BCUT2D eigenvalue weighted by molar-refractivity contribution is 6.74. The van der Waals surface area contributed by atoms with Gasteiger partial charge in [-0.2, -0.15) is 0 Å². The molecule has 1 aliphatic heterocycles. The van der Waals surface area contributed by atoms with Gasteiger partial charge >= 0.3 is 0 Å². The van der Waals surface area contributed by atoms with E-state index in [4.69, 9.17) is 42.3 Å². The van der Waals surface area contributed by atoms with E-state index in [1.54, 1.807) is 14.2 Å². The average molecular weight is 775 g/mol. The average Bonchev–Trinajstić information content (AvgIpc) is 3.43. The monoisotopic (exact) mass is 774 g/mol.